The molecule has 0 atom stereocenters. The largest absolute Gasteiger partial charge is 0.488 e. The smallest absolute Gasteiger partial charge is 0.465 e. The molecule has 0 aromatic heterocycles. The summed E-state index contributed by atoms with van der Waals surface area (Å²) in [5, 5.41) is 0.903. The van der Waals surface area contributed by atoms with Crippen molar-refractivity contribution < 1.29 is 26.0 Å². The van der Waals surface area contributed by atoms with E-state index in [2.05, 4.69) is 8.92 Å². The van der Waals surface area contributed by atoms with E-state index in [0.717, 1.165) is 7.11 Å². The van der Waals surface area contributed by atoms with E-state index in [-0.39, 0.29) is 11.3 Å². The van der Waals surface area contributed by atoms with E-state index in [1.807, 2.05) is 0 Å². The van der Waals surface area contributed by atoms with Crippen LogP contribution in [0.2, 0.25) is 0 Å². The van der Waals surface area contributed by atoms with E-state index >= 15 is 0 Å². The van der Waals surface area contributed by atoms with Gasteiger partial charge in [-0.05, 0) is 11.5 Å². The summed E-state index contributed by atoms with van der Waals surface area (Å²) >= 11 is 0. The number of rotatable bonds is 3. The number of halogens is 1. The third-order valence-corrected chi connectivity index (χ3v) is 2.83. The minimum Gasteiger partial charge on any atom is -0.465 e. The second-order valence-electron chi connectivity index (χ2n) is 3.63. The van der Waals surface area contributed by atoms with E-state index in [9.17, 15) is 17.1 Å². The number of carbonyl (C=O) groups is 1. The highest BCUT2D eigenvalue weighted by Crippen LogP contribution is 2.31. The number of fused-ring (bicyclic) bond motifs is 1. The highest BCUT2D eigenvalue weighted by molar-refractivity contribution is 7.81. The Bertz CT molecular complexity index is 739. The number of ether oxygens (including phenoxy) is 1. The third kappa shape index (κ3) is 2.82. The highest BCUT2D eigenvalue weighted by Gasteiger charge is 2.21. The molecule has 0 saturated carbocycles. The van der Waals surface area contributed by atoms with Crippen LogP contribution >= 0.6 is 0 Å². The summed E-state index contributed by atoms with van der Waals surface area (Å²) < 4.78 is 42.9. The van der Waals surface area contributed by atoms with Gasteiger partial charge in [0.15, 0.2) is 5.75 Å². The minimum atomic E-state index is -5.24. The third-order valence-electron chi connectivity index (χ3n) is 2.47. The first-order chi connectivity index (χ1) is 8.92. The summed E-state index contributed by atoms with van der Waals surface area (Å²) in [6, 6.07) is 9.42. The Morgan fingerprint density at radius 2 is 1.84 bits per heavy atom. The molecular formula is C12H9FO5S. The summed E-state index contributed by atoms with van der Waals surface area (Å²) in [5.74, 6) is -1.20. The maximum atomic E-state index is 12.7. The zero-order valence-corrected chi connectivity index (χ0v) is 10.6. The molecular weight excluding hydrogens is 275 g/mol. The zero-order valence-electron chi connectivity index (χ0n) is 9.79. The predicted molar refractivity (Wildman–Crippen MR) is 65.9 cm³/mol. The van der Waals surface area contributed by atoms with Gasteiger partial charge in [0, 0.05) is 5.39 Å². The molecule has 0 aliphatic carbocycles. The van der Waals surface area contributed by atoms with Crippen molar-refractivity contribution in [2.45, 2.75) is 0 Å². The Balaban J connectivity index is 2.75. The topological polar surface area (TPSA) is 69.7 Å². The molecule has 7 heteroatoms. The van der Waals surface area contributed by atoms with Gasteiger partial charge in [0.25, 0.3) is 0 Å². The van der Waals surface area contributed by atoms with E-state index in [0.29, 0.717) is 10.8 Å². The van der Waals surface area contributed by atoms with Gasteiger partial charge in [-0.15, -0.1) is 0 Å². The normalized spacial score (nSPS) is 11.3. The minimum absolute atomic E-state index is 0.164. The molecule has 0 N–H and O–H groups in total. The van der Waals surface area contributed by atoms with Crippen molar-refractivity contribution in [3.8, 4) is 5.75 Å². The summed E-state index contributed by atoms with van der Waals surface area (Å²) in [6.07, 6.45) is 0. The molecule has 5 nitrogen and oxygen atoms in total. The Morgan fingerprint density at radius 3 is 2.47 bits per heavy atom. The lowest BCUT2D eigenvalue weighted by Gasteiger charge is -2.09. The number of methoxy groups -OCH3 is 1. The van der Waals surface area contributed by atoms with Crippen molar-refractivity contribution in [1.82, 2.24) is 0 Å². The fraction of sp³-hybridized carbons (Fsp3) is 0.0833. The molecule has 0 amide bonds. The Labute approximate surface area is 109 Å². The number of esters is 1. The van der Waals surface area contributed by atoms with Gasteiger partial charge in [-0.25, -0.2) is 4.79 Å². The lowest BCUT2D eigenvalue weighted by molar-refractivity contribution is 0.0599. The van der Waals surface area contributed by atoms with Gasteiger partial charge < -0.3 is 8.92 Å². The maximum absolute atomic E-state index is 12.7. The van der Waals surface area contributed by atoms with Crippen molar-refractivity contribution >= 4 is 27.2 Å². The first-order valence-corrected chi connectivity index (χ1v) is 6.47. The van der Waals surface area contributed by atoms with Gasteiger partial charge in [0.2, 0.25) is 0 Å². The Hall–Kier alpha value is -2.15. The van der Waals surface area contributed by atoms with Crippen LogP contribution in [-0.2, 0) is 15.2 Å². The first-order valence-electron chi connectivity index (χ1n) is 5.16. The van der Waals surface area contributed by atoms with E-state index in [1.54, 1.807) is 24.3 Å². The molecule has 0 heterocycles. The van der Waals surface area contributed by atoms with Crippen molar-refractivity contribution in [3.05, 3.63) is 42.0 Å². The van der Waals surface area contributed by atoms with Crippen LogP contribution in [0.4, 0.5) is 3.89 Å². The summed E-state index contributed by atoms with van der Waals surface area (Å²) in [4.78, 5) is 11.5. The van der Waals surface area contributed by atoms with E-state index in [1.165, 1.54) is 12.1 Å². The molecule has 0 radical (unpaired) electrons. The number of benzene rings is 2. The van der Waals surface area contributed by atoms with Crippen LogP contribution in [0.5, 0.6) is 5.75 Å². The Morgan fingerprint density at radius 1 is 1.16 bits per heavy atom. The van der Waals surface area contributed by atoms with Gasteiger partial charge in [0.1, 0.15) is 5.56 Å². The Kier molecular flexibility index (Phi) is 3.39. The standard InChI is InChI=1S/C12H9FO5S/c1-17-12(14)10-7-6-8-4-2-3-5-9(8)11(10)18-19(13,15)16/h2-7H,1H3. The van der Waals surface area contributed by atoms with Gasteiger partial charge in [-0.2, -0.15) is 8.42 Å². The average Bonchev–Trinajstić information content (AvgIpc) is 2.36. The molecule has 0 bridgehead atoms. The van der Waals surface area contributed by atoms with Gasteiger partial charge in [-0.1, -0.05) is 34.2 Å². The molecule has 2 rings (SSSR count). The zero-order chi connectivity index (χ0) is 14.0. The van der Waals surface area contributed by atoms with Crippen molar-refractivity contribution in [1.29, 1.82) is 0 Å². The molecule has 19 heavy (non-hydrogen) atoms. The molecule has 0 aliphatic rings. The van der Waals surface area contributed by atoms with Gasteiger partial charge >= 0.3 is 16.5 Å². The van der Waals surface area contributed by atoms with Crippen molar-refractivity contribution in [2.24, 2.45) is 0 Å². The van der Waals surface area contributed by atoms with Crippen molar-refractivity contribution in [3.63, 3.8) is 0 Å². The molecule has 0 saturated heterocycles. The monoisotopic (exact) mass is 284 g/mol. The lowest BCUT2D eigenvalue weighted by Crippen LogP contribution is -2.09. The quantitative estimate of drug-likeness (QED) is 0.638. The van der Waals surface area contributed by atoms with Crippen LogP contribution in [0.15, 0.2) is 36.4 Å². The summed E-state index contributed by atoms with van der Waals surface area (Å²) in [7, 11) is -4.11. The first kappa shape index (κ1) is 13.3. The summed E-state index contributed by atoms with van der Waals surface area (Å²) in [5.41, 5.74) is -0.164. The van der Waals surface area contributed by atoms with Crippen LogP contribution in [0.3, 0.4) is 0 Å². The van der Waals surface area contributed by atoms with Gasteiger partial charge in [0.05, 0.1) is 7.11 Å². The molecule has 0 aliphatic heterocycles. The van der Waals surface area contributed by atoms with Crippen molar-refractivity contribution in [2.75, 3.05) is 7.11 Å². The second kappa shape index (κ2) is 4.85. The SMILES string of the molecule is COC(=O)c1ccc2ccccc2c1OS(=O)(=O)F. The fourth-order valence-electron chi connectivity index (χ4n) is 1.70. The van der Waals surface area contributed by atoms with Gasteiger partial charge in [-0.3, -0.25) is 0 Å². The number of hydrogen-bond acceptors (Lipinski definition) is 5. The molecule has 0 unspecified atom stereocenters. The molecule has 0 spiro atoms. The van der Waals surface area contributed by atoms with E-state index in [4.69, 9.17) is 0 Å². The maximum Gasteiger partial charge on any atom is 0.488 e. The fourth-order valence-corrected chi connectivity index (χ4v) is 2.08. The van der Waals surface area contributed by atoms with Crippen LogP contribution < -0.4 is 4.18 Å². The molecule has 100 valence electrons. The average molecular weight is 284 g/mol. The van der Waals surface area contributed by atoms with Crippen LogP contribution in [0, 0.1) is 0 Å². The number of carbonyl (C=O) groups excluding carboxylic acids is 1. The molecule has 2 aromatic carbocycles. The predicted octanol–water partition coefficient (Wildman–Crippen LogP) is 2.22. The molecule has 2 aromatic rings. The lowest BCUT2D eigenvalue weighted by atomic mass is 10.1. The second-order valence-corrected chi connectivity index (χ2v) is 4.58. The van der Waals surface area contributed by atoms with Crippen LogP contribution in [-0.4, -0.2) is 21.5 Å². The highest BCUT2D eigenvalue weighted by atomic mass is 32.3. The summed E-state index contributed by atoms with van der Waals surface area (Å²) in [6.45, 7) is 0. The number of hydrogen-bond donors (Lipinski definition) is 0. The van der Waals surface area contributed by atoms with E-state index < -0.39 is 16.5 Å². The van der Waals surface area contributed by atoms with Crippen LogP contribution in [0.1, 0.15) is 10.4 Å². The van der Waals surface area contributed by atoms with Crippen LogP contribution in [0.25, 0.3) is 10.8 Å². The molecule has 0 fully saturated rings.